The molecule has 1 aliphatic heterocycles. The van der Waals surface area contributed by atoms with Crippen LogP contribution in [0.25, 0.3) is 0 Å². The number of carbonyl (C=O) groups excluding carboxylic acids is 1. The molecule has 3 heterocycles. The molecule has 0 unspecified atom stereocenters. The molecule has 0 aromatic carbocycles. The van der Waals surface area contributed by atoms with Crippen LogP contribution in [0.2, 0.25) is 0 Å². The van der Waals surface area contributed by atoms with E-state index in [2.05, 4.69) is 29.7 Å². The topological polar surface area (TPSA) is 78.4 Å². The summed E-state index contributed by atoms with van der Waals surface area (Å²) in [5.41, 5.74) is 1.27. The minimum absolute atomic E-state index is 0.0435. The van der Waals surface area contributed by atoms with Crippen LogP contribution < -0.4 is 9.80 Å². The van der Waals surface area contributed by atoms with Crippen molar-refractivity contribution in [3.63, 3.8) is 0 Å². The molecular formula is C18H25N7O. The Balaban J connectivity index is 1.73. The number of aromatic nitrogens is 4. The van der Waals surface area contributed by atoms with Gasteiger partial charge < -0.3 is 14.7 Å². The Hall–Kier alpha value is -2.77. The van der Waals surface area contributed by atoms with Gasteiger partial charge in [-0.2, -0.15) is 0 Å². The number of anilines is 2. The largest absolute Gasteiger partial charge is 0.338 e. The maximum absolute atomic E-state index is 12.6. The van der Waals surface area contributed by atoms with Gasteiger partial charge in [-0.15, -0.1) is 0 Å². The molecule has 0 N–H and O–H groups in total. The first-order valence-electron chi connectivity index (χ1n) is 9.04. The van der Waals surface area contributed by atoms with E-state index in [1.165, 1.54) is 0 Å². The Morgan fingerprint density at radius 2 is 1.58 bits per heavy atom. The lowest BCUT2D eigenvalue weighted by molar-refractivity contribution is 0.0767. The van der Waals surface area contributed by atoms with Crippen molar-refractivity contribution in [2.24, 2.45) is 0 Å². The zero-order valence-electron chi connectivity index (χ0n) is 15.6. The number of piperazine rings is 1. The van der Waals surface area contributed by atoms with Crippen molar-refractivity contribution in [2.45, 2.75) is 20.8 Å². The molecule has 0 radical (unpaired) electrons. The molecule has 138 valence electrons. The summed E-state index contributed by atoms with van der Waals surface area (Å²) in [6.45, 7) is 10.3. The maximum atomic E-state index is 12.6. The highest BCUT2D eigenvalue weighted by atomic mass is 16.2. The molecule has 0 aliphatic carbocycles. The lowest BCUT2D eigenvalue weighted by Crippen LogP contribution is -2.47. The van der Waals surface area contributed by atoms with Gasteiger partial charge in [0, 0.05) is 57.4 Å². The highest BCUT2D eigenvalue weighted by Crippen LogP contribution is 2.16. The summed E-state index contributed by atoms with van der Waals surface area (Å²) < 4.78 is 0. The third kappa shape index (κ3) is 3.89. The van der Waals surface area contributed by atoms with Gasteiger partial charge >= 0.3 is 0 Å². The minimum Gasteiger partial charge on any atom is -0.338 e. The van der Waals surface area contributed by atoms with E-state index in [9.17, 15) is 4.79 Å². The van der Waals surface area contributed by atoms with Gasteiger partial charge in [-0.05, 0) is 32.9 Å². The van der Waals surface area contributed by atoms with E-state index < -0.39 is 0 Å². The summed E-state index contributed by atoms with van der Waals surface area (Å²) in [6.07, 6.45) is 3.51. The van der Waals surface area contributed by atoms with Crippen LogP contribution in [0, 0.1) is 6.92 Å². The van der Waals surface area contributed by atoms with Crippen LogP contribution in [-0.4, -0.2) is 70.0 Å². The lowest BCUT2D eigenvalue weighted by atomic mass is 10.3. The maximum Gasteiger partial charge on any atom is 0.272 e. The number of hydrogen-bond acceptors (Lipinski definition) is 7. The van der Waals surface area contributed by atoms with Crippen molar-refractivity contribution in [2.75, 3.05) is 49.1 Å². The summed E-state index contributed by atoms with van der Waals surface area (Å²) in [7, 11) is 0. The van der Waals surface area contributed by atoms with Crippen molar-refractivity contribution in [1.29, 1.82) is 0 Å². The number of amides is 1. The molecule has 0 bridgehead atoms. The zero-order chi connectivity index (χ0) is 18.5. The van der Waals surface area contributed by atoms with E-state index in [4.69, 9.17) is 0 Å². The van der Waals surface area contributed by atoms with Gasteiger partial charge in [0.2, 0.25) is 11.9 Å². The van der Waals surface area contributed by atoms with E-state index in [1.807, 2.05) is 26.8 Å². The molecule has 3 rings (SSSR count). The summed E-state index contributed by atoms with van der Waals surface area (Å²) >= 11 is 0. The number of hydrogen-bond donors (Lipinski definition) is 0. The summed E-state index contributed by atoms with van der Waals surface area (Å²) in [5, 5.41) is 0. The predicted octanol–water partition coefficient (Wildman–Crippen LogP) is 1.38. The van der Waals surface area contributed by atoms with Gasteiger partial charge in [0.1, 0.15) is 5.69 Å². The van der Waals surface area contributed by atoms with Gasteiger partial charge in [0.15, 0.2) is 0 Å². The molecular weight excluding hydrogens is 330 g/mol. The average molecular weight is 355 g/mol. The normalized spacial score (nSPS) is 14.4. The second-order valence-electron chi connectivity index (χ2n) is 6.19. The van der Waals surface area contributed by atoms with Crippen LogP contribution in [-0.2, 0) is 0 Å². The highest BCUT2D eigenvalue weighted by Gasteiger charge is 2.23. The molecule has 8 heteroatoms. The summed E-state index contributed by atoms with van der Waals surface area (Å²) in [6, 6.07) is 3.58. The van der Waals surface area contributed by atoms with E-state index in [1.54, 1.807) is 23.4 Å². The SMILES string of the molecule is CCN(CC)C(=O)c1cc(C)nc(N2CCN(c3ncccn3)CC2)n1. The molecule has 0 atom stereocenters. The first-order chi connectivity index (χ1) is 12.6. The second kappa shape index (κ2) is 8.07. The summed E-state index contributed by atoms with van der Waals surface area (Å²) in [5.74, 6) is 1.32. The van der Waals surface area contributed by atoms with Gasteiger partial charge in [-0.1, -0.05) is 0 Å². The molecule has 2 aromatic heterocycles. The van der Waals surface area contributed by atoms with E-state index in [0.29, 0.717) is 24.7 Å². The van der Waals surface area contributed by atoms with Crippen LogP contribution in [0.4, 0.5) is 11.9 Å². The molecule has 2 aromatic rings. The molecule has 0 saturated carbocycles. The van der Waals surface area contributed by atoms with Crippen molar-refractivity contribution in [3.05, 3.63) is 35.9 Å². The van der Waals surface area contributed by atoms with Gasteiger partial charge in [0.25, 0.3) is 5.91 Å². The third-order valence-corrected chi connectivity index (χ3v) is 4.51. The standard InChI is InChI=1S/C18H25N7O/c1-4-23(5-2)16(26)15-13-14(3)21-18(22-15)25-11-9-24(10-12-25)17-19-7-6-8-20-17/h6-8,13H,4-5,9-12H2,1-3H3. The van der Waals surface area contributed by atoms with E-state index in [0.717, 1.165) is 37.8 Å². The fraction of sp³-hybridized carbons (Fsp3) is 0.500. The monoisotopic (exact) mass is 355 g/mol. The van der Waals surface area contributed by atoms with Crippen LogP contribution in [0.3, 0.4) is 0 Å². The molecule has 26 heavy (non-hydrogen) atoms. The molecule has 1 fully saturated rings. The molecule has 1 amide bonds. The smallest absolute Gasteiger partial charge is 0.272 e. The third-order valence-electron chi connectivity index (χ3n) is 4.51. The van der Waals surface area contributed by atoms with Crippen molar-refractivity contribution in [3.8, 4) is 0 Å². The Morgan fingerprint density at radius 3 is 2.15 bits per heavy atom. The van der Waals surface area contributed by atoms with Gasteiger partial charge in [-0.25, -0.2) is 19.9 Å². The Morgan fingerprint density at radius 1 is 1.00 bits per heavy atom. The molecule has 8 nitrogen and oxygen atoms in total. The first-order valence-corrected chi connectivity index (χ1v) is 9.04. The lowest BCUT2D eigenvalue weighted by Gasteiger charge is -2.34. The Bertz CT molecular complexity index is 740. The van der Waals surface area contributed by atoms with Crippen LogP contribution in [0.1, 0.15) is 30.0 Å². The van der Waals surface area contributed by atoms with Gasteiger partial charge in [-0.3, -0.25) is 4.79 Å². The van der Waals surface area contributed by atoms with E-state index in [-0.39, 0.29) is 5.91 Å². The van der Waals surface area contributed by atoms with Crippen LogP contribution in [0.15, 0.2) is 24.5 Å². The Labute approximate surface area is 153 Å². The number of aryl methyl sites for hydroxylation is 1. The first kappa shape index (κ1) is 18.0. The van der Waals surface area contributed by atoms with E-state index >= 15 is 0 Å². The predicted molar refractivity (Wildman–Crippen MR) is 100 cm³/mol. The van der Waals surface area contributed by atoms with Crippen LogP contribution in [0.5, 0.6) is 0 Å². The van der Waals surface area contributed by atoms with Crippen molar-refractivity contribution >= 4 is 17.8 Å². The van der Waals surface area contributed by atoms with Crippen LogP contribution >= 0.6 is 0 Å². The number of rotatable bonds is 5. The zero-order valence-corrected chi connectivity index (χ0v) is 15.6. The highest BCUT2D eigenvalue weighted by molar-refractivity contribution is 5.92. The van der Waals surface area contributed by atoms with Crippen molar-refractivity contribution in [1.82, 2.24) is 24.8 Å². The minimum atomic E-state index is -0.0435. The second-order valence-corrected chi connectivity index (χ2v) is 6.19. The fourth-order valence-electron chi connectivity index (χ4n) is 3.04. The average Bonchev–Trinajstić information content (AvgIpc) is 2.69. The number of nitrogens with zero attached hydrogens (tertiary/aromatic N) is 7. The summed E-state index contributed by atoms with van der Waals surface area (Å²) in [4.78, 5) is 36.4. The fourth-order valence-corrected chi connectivity index (χ4v) is 3.04. The van der Waals surface area contributed by atoms with Gasteiger partial charge in [0.05, 0.1) is 0 Å². The molecule has 1 saturated heterocycles. The molecule has 0 spiro atoms. The van der Waals surface area contributed by atoms with Crippen molar-refractivity contribution < 1.29 is 4.79 Å². The Kier molecular flexibility index (Phi) is 5.60. The molecule has 1 aliphatic rings. The quantitative estimate of drug-likeness (QED) is 0.802. The number of carbonyl (C=O) groups is 1.